The Kier molecular flexibility index (Phi) is 4.69. The standard InChI is InChI=1S/C15H16N2O2S2/c1-21(18,19)14-8-6-13(7-9-14)20-10-11-2-4-12(5-3-11)15(16)17/h2-9H,10H2,1H3,(H3,16,17). The number of thioether (sulfide) groups is 1. The molecule has 0 fully saturated rings. The highest BCUT2D eigenvalue weighted by molar-refractivity contribution is 7.98. The molecule has 0 bridgehead atoms. The first-order chi connectivity index (χ1) is 9.86. The van der Waals surface area contributed by atoms with Gasteiger partial charge in [-0.15, -0.1) is 11.8 Å². The second-order valence-corrected chi connectivity index (χ2v) is 7.71. The molecule has 0 aromatic heterocycles. The van der Waals surface area contributed by atoms with E-state index in [1.54, 1.807) is 23.9 Å². The highest BCUT2D eigenvalue weighted by Gasteiger charge is 2.06. The molecule has 3 N–H and O–H groups in total. The molecule has 6 heteroatoms. The average Bonchev–Trinajstić information content (AvgIpc) is 2.45. The van der Waals surface area contributed by atoms with Gasteiger partial charge in [0.15, 0.2) is 9.84 Å². The van der Waals surface area contributed by atoms with Gasteiger partial charge in [0.2, 0.25) is 0 Å². The summed E-state index contributed by atoms with van der Waals surface area (Å²) >= 11 is 1.63. The van der Waals surface area contributed by atoms with Gasteiger partial charge >= 0.3 is 0 Å². The van der Waals surface area contributed by atoms with Gasteiger partial charge in [-0.1, -0.05) is 24.3 Å². The van der Waals surface area contributed by atoms with E-state index in [2.05, 4.69) is 0 Å². The Bertz CT molecular complexity index is 736. The van der Waals surface area contributed by atoms with E-state index in [9.17, 15) is 8.42 Å². The normalized spacial score (nSPS) is 11.3. The number of nitrogens with one attached hydrogen (secondary N) is 1. The largest absolute Gasteiger partial charge is 0.384 e. The first-order valence-electron chi connectivity index (χ1n) is 6.22. The topological polar surface area (TPSA) is 84.0 Å². The minimum Gasteiger partial charge on any atom is -0.384 e. The molecule has 0 atom stereocenters. The van der Waals surface area contributed by atoms with Gasteiger partial charge < -0.3 is 5.73 Å². The lowest BCUT2D eigenvalue weighted by atomic mass is 10.1. The third kappa shape index (κ3) is 4.34. The van der Waals surface area contributed by atoms with Crippen LogP contribution in [0.2, 0.25) is 0 Å². The quantitative estimate of drug-likeness (QED) is 0.504. The first-order valence-corrected chi connectivity index (χ1v) is 9.10. The maximum Gasteiger partial charge on any atom is 0.175 e. The number of benzene rings is 2. The summed E-state index contributed by atoms with van der Waals surface area (Å²) in [5.41, 5.74) is 7.24. The van der Waals surface area contributed by atoms with Crippen LogP contribution in [0.15, 0.2) is 58.3 Å². The fourth-order valence-electron chi connectivity index (χ4n) is 1.73. The zero-order valence-corrected chi connectivity index (χ0v) is 13.2. The molecule has 110 valence electrons. The van der Waals surface area contributed by atoms with E-state index in [1.807, 2.05) is 36.4 Å². The van der Waals surface area contributed by atoms with Crippen molar-refractivity contribution in [2.45, 2.75) is 15.5 Å². The Hall–Kier alpha value is -1.79. The fraction of sp³-hybridized carbons (Fsp3) is 0.133. The van der Waals surface area contributed by atoms with Gasteiger partial charge in [0.05, 0.1) is 4.90 Å². The summed E-state index contributed by atoms with van der Waals surface area (Å²) in [6, 6.07) is 14.4. The maximum atomic E-state index is 11.4. The van der Waals surface area contributed by atoms with Gasteiger partial charge in [-0.25, -0.2) is 8.42 Å². The zero-order valence-electron chi connectivity index (χ0n) is 11.5. The van der Waals surface area contributed by atoms with Crippen LogP contribution in [0, 0.1) is 5.41 Å². The Morgan fingerprint density at radius 2 is 1.67 bits per heavy atom. The van der Waals surface area contributed by atoms with E-state index in [4.69, 9.17) is 11.1 Å². The number of nitrogen functional groups attached to an aromatic ring is 1. The van der Waals surface area contributed by atoms with E-state index in [-0.39, 0.29) is 5.84 Å². The van der Waals surface area contributed by atoms with Crippen LogP contribution in [0.4, 0.5) is 0 Å². The molecule has 0 aliphatic heterocycles. The number of nitrogens with two attached hydrogens (primary N) is 1. The molecular weight excluding hydrogens is 304 g/mol. The van der Waals surface area contributed by atoms with Crippen molar-refractivity contribution < 1.29 is 8.42 Å². The summed E-state index contributed by atoms with van der Waals surface area (Å²) in [7, 11) is -3.14. The number of rotatable bonds is 5. The molecule has 0 radical (unpaired) electrons. The fourth-order valence-corrected chi connectivity index (χ4v) is 3.22. The summed E-state index contributed by atoms with van der Waals surface area (Å²) in [4.78, 5) is 1.34. The van der Waals surface area contributed by atoms with E-state index in [0.717, 1.165) is 16.2 Å². The van der Waals surface area contributed by atoms with Crippen molar-refractivity contribution in [2.24, 2.45) is 5.73 Å². The SMILES string of the molecule is CS(=O)(=O)c1ccc(SCc2ccc(C(=N)N)cc2)cc1. The van der Waals surface area contributed by atoms with Gasteiger partial charge in [-0.05, 0) is 29.8 Å². The lowest BCUT2D eigenvalue weighted by Crippen LogP contribution is -2.10. The Balaban J connectivity index is 2.01. The van der Waals surface area contributed by atoms with E-state index < -0.39 is 9.84 Å². The van der Waals surface area contributed by atoms with Crippen molar-refractivity contribution in [3.8, 4) is 0 Å². The average molecular weight is 320 g/mol. The van der Waals surface area contributed by atoms with E-state index >= 15 is 0 Å². The van der Waals surface area contributed by atoms with Crippen molar-refractivity contribution in [3.63, 3.8) is 0 Å². The predicted molar refractivity (Wildman–Crippen MR) is 86.6 cm³/mol. The van der Waals surface area contributed by atoms with E-state index in [1.165, 1.54) is 6.26 Å². The number of hydrogen-bond acceptors (Lipinski definition) is 4. The third-order valence-electron chi connectivity index (χ3n) is 2.92. The number of amidine groups is 1. The molecule has 0 aliphatic rings. The highest BCUT2D eigenvalue weighted by atomic mass is 32.2. The Labute approximate surface area is 128 Å². The Morgan fingerprint density at radius 3 is 2.14 bits per heavy atom. The van der Waals surface area contributed by atoms with Gasteiger partial charge in [0.25, 0.3) is 0 Å². The smallest absolute Gasteiger partial charge is 0.175 e. The molecule has 4 nitrogen and oxygen atoms in total. The van der Waals surface area contributed by atoms with Crippen LogP contribution in [0.25, 0.3) is 0 Å². The first kappa shape index (κ1) is 15.6. The summed E-state index contributed by atoms with van der Waals surface area (Å²) < 4.78 is 22.8. The molecule has 0 spiro atoms. The van der Waals surface area contributed by atoms with Crippen molar-refractivity contribution >= 4 is 27.4 Å². The van der Waals surface area contributed by atoms with Crippen molar-refractivity contribution in [2.75, 3.05) is 6.26 Å². The lowest BCUT2D eigenvalue weighted by molar-refractivity contribution is 0.602. The molecule has 0 heterocycles. The monoisotopic (exact) mass is 320 g/mol. The molecule has 0 saturated heterocycles. The molecule has 2 rings (SSSR count). The minimum absolute atomic E-state index is 0.0607. The van der Waals surface area contributed by atoms with Crippen LogP contribution in [-0.4, -0.2) is 20.5 Å². The Morgan fingerprint density at radius 1 is 1.10 bits per heavy atom. The summed E-state index contributed by atoms with van der Waals surface area (Å²) in [5.74, 6) is 0.835. The third-order valence-corrected chi connectivity index (χ3v) is 5.13. The second-order valence-electron chi connectivity index (χ2n) is 4.64. The molecule has 2 aromatic rings. The molecule has 0 saturated carbocycles. The second kappa shape index (κ2) is 6.32. The van der Waals surface area contributed by atoms with Crippen LogP contribution in [0.5, 0.6) is 0 Å². The summed E-state index contributed by atoms with van der Waals surface area (Å²) in [6.07, 6.45) is 1.20. The summed E-state index contributed by atoms with van der Waals surface area (Å²) in [5, 5.41) is 7.34. The molecule has 0 amide bonds. The van der Waals surface area contributed by atoms with Crippen molar-refractivity contribution in [1.29, 1.82) is 5.41 Å². The summed E-state index contributed by atoms with van der Waals surface area (Å²) in [6.45, 7) is 0. The van der Waals surface area contributed by atoms with Crippen LogP contribution < -0.4 is 5.73 Å². The van der Waals surface area contributed by atoms with Gasteiger partial charge in [-0.2, -0.15) is 0 Å². The van der Waals surface area contributed by atoms with Gasteiger partial charge in [0.1, 0.15) is 5.84 Å². The lowest BCUT2D eigenvalue weighted by Gasteiger charge is -2.05. The number of sulfone groups is 1. The highest BCUT2D eigenvalue weighted by Crippen LogP contribution is 2.24. The number of hydrogen-bond donors (Lipinski definition) is 2. The van der Waals surface area contributed by atoms with Crippen LogP contribution in [0.1, 0.15) is 11.1 Å². The molecule has 0 unspecified atom stereocenters. The predicted octanol–water partition coefficient (Wildman–Crippen LogP) is 2.67. The minimum atomic E-state index is -3.14. The van der Waals surface area contributed by atoms with Crippen LogP contribution >= 0.6 is 11.8 Å². The zero-order chi connectivity index (χ0) is 15.5. The molecule has 0 aliphatic carbocycles. The molecule has 21 heavy (non-hydrogen) atoms. The van der Waals surface area contributed by atoms with Crippen molar-refractivity contribution in [3.05, 3.63) is 59.7 Å². The van der Waals surface area contributed by atoms with E-state index in [0.29, 0.717) is 10.5 Å². The van der Waals surface area contributed by atoms with Crippen molar-refractivity contribution in [1.82, 2.24) is 0 Å². The molecular formula is C15H16N2O2S2. The molecule has 2 aromatic carbocycles. The van der Waals surface area contributed by atoms with Crippen LogP contribution in [-0.2, 0) is 15.6 Å². The maximum absolute atomic E-state index is 11.4. The van der Waals surface area contributed by atoms with Gasteiger partial charge in [0, 0.05) is 22.5 Å². The van der Waals surface area contributed by atoms with Crippen LogP contribution in [0.3, 0.4) is 0 Å². The van der Waals surface area contributed by atoms with Gasteiger partial charge in [-0.3, -0.25) is 5.41 Å².